The Labute approximate surface area is 129 Å². The number of anilines is 1. The molecule has 0 saturated heterocycles. The number of hydrogen-bond donors (Lipinski definition) is 1. The maximum atomic E-state index is 11.7. The Morgan fingerprint density at radius 2 is 1.91 bits per heavy atom. The topological polar surface area (TPSA) is 83.9 Å². The maximum Gasteiger partial charge on any atom is 0.311 e. The van der Waals surface area contributed by atoms with E-state index in [4.69, 9.17) is 9.84 Å². The van der Waals surface area contributed by atoms with Gasteiger partial charge in [0.15, 0.2) is 6.29 Å². The predicted octanol–water partition coefficient (Wildman–Crippen LogP) is 2.51. The SMILES string of the molecule is CCN(CC)c1ccc(C=O)c(OC(=O)CCCC(=O)O)c1. The third-order valence-corrected chi connectivity index (χ3v) is 3.25. The second-order valence-corrected chi connectivity index (χ2v) is 4.73. The van der Waals surface area contributed by atoms with E-state index in [9.17, 15) is 14.4 Å². The summed E-state index contributed by atoms with van der Waals surface area (Å²) in [7, 11) is 0. The minimum absolute atomic E-state index is 0.0000939. The van der Waals surface area contributed by atoms with Crippen molar-refractivity contribution in [2.45, 2.75) is 33.1 Å². The lowest BCUT2D eigenvalue weighted by Crippen LogP contribution is -2.22. The van der Waals surface area contributed by atoms with E-state index in [1.54, 1.807) is 18.2 Å². The van der Waals surface area contributed by atoms with Crippen LogP contribution < -0.4 is 9.64 Å². The first-order valence-electron chi connectivity index (χ1n) is 7.28. The van der Waals surface area contributed by atoms with Crippen LogP contribution in [0.4, 0.5) is 5.69 Å². The fourth-order valence-electron chi connectivity index (χ4n) is 2.05. The molecule has 0 atom stereocenters. The van der Waals surface area contributed by atoms with Gasteiger partial charge < -0.3 is 14.7 Å². The molecule has 0 aliphatic carbocycles. The third-order valence-electron chi connectivity index (χ3n) is 3.25. The highest BCUT2D eigenvalue weighted by atomic mass is 16.5. The van der Waals surface area contributed by atoms with E-state index in [1.165, 1.54) is 0 Å². The van der Waals surface area contributed by atoms with Gasteiger partial charge in [0.2, 0.25) is 0 Å². The Morgan fingerprint density at radius 3 is 2.45 bits per heavy atom. The van der Waals surface area contributed by atoms with Gasteiger partial charge >= 0.3 is 11.9 Å². The van der Waals surface area contributed by atoms with Gasteiger partial charge in [-0.3, -0.25) is 14.4 Å². The van der Waals surface area contributed by atoms with Crippen LogP contribution in [0.2, 0.25) is 0 Å². The number of carboxylic acid groups (broad SMARTS) is 1. The van der Waals surface area contributed by atoms with Crippen molar-refractivity contribution in [3.05, 3.63) is 23.8 Å². The van der Waals surface area contributed by atoms with E-state index >= 15 is 0 Å². The first-order chi connectivity index (χ1) is 10.5. The van der Waals surface area contributed by atoms with E-state index in [1.807, 2.05) is 13.8 Å². The zero-order valence-electron chi connectivity index (χ0n) is 12.9. The molecular formula is C16H21NO5. The predicted molar refractivity (Wildman–Crippen MR) is 82.5 cm³/mol. The van der Waals surface area contributed by atoms with E-state index in [-0.39, 0.29) is 25.0 Å². The number of carbonyl (C=O) groups excluding carboxylic acids is 2. The highest BCUT2D eigenvalue weighted by Gasteiger charge is 2.12. The third kappa shape index (κ3) is 5.20. The van der Waals surface area contributed by atoms with Crippen LogP contribution in [0.3, 0.4) is 0 Å². The summed E-state index contributed by atoms with van der Waals surface area (Å²) in [6, 6.07) is 5.07. The van der Waals surface area contributed by atoms with E-state index in [2.05, 4.69) is 4.90 Å². The summed E-state index contributed by atoms with van der Waals surface area (Å²) in [4.78, 5) is 35.3. The highest BCUT2D eigenvalue weighted by molar-refractivity contribution is 5.84. The van der Waals surface area contributed by atoms with Gasteiger partial charge in [-0.25, -0.2) is 0 Å². The van der Waals surface area contributed by atoms with Crippen molar-refractivity contribution in [2.75, 3.05) is 18.0 Å². The van der Waals surface area contributed by atoms with Crippen molar-refractivity contribution < 1.29 is 24.2 Å². The van der Waals surface area contributed by atoms with Crippen LogP contribution >= 0.6 is 0 Å². The molecule has 0 heterocycles. The molecule has 0 unspecified atom stereocenters. The summed E-state index contributed by atoms with van der Waals surface area (Å²) >= 11 is 0. The molecule has 0 saturated carbocycles. The number of carbonyl (C=O) groups is 3. The normalized spacial score (nSPS) is 10.1. The Balaban J connectivity index is 2.82. The van der Waals surface area contributed by atoms with Crippen LogP contribution in [-0.4, -0.2) is 36.4 Å². The van der Waals surface area contributed by atoms with Crippen LogP contribution in [0, 0.1) is 0 Å². The fourth-order valence-corrected chi connectivity index (χ4v) is 2.05. The summed E-state index contributed by atoms with van der Waals surface area (Å²) in [6.45, 7) is 5.61. The van der Waals surface area contributed by atoms with Gasteiger partial charge in [0.1, 0.15) is 5.75 Å². The lowest BCUT2D eigenvalue weighted by molar-refractivity contribution is -0.137. The van der Waals surface area contributed by atoms with E-state index in [0.717, 1.165) is 18.8 Å². The first kappa shape index (κ1) is 17.7. The molecule has 0 bridgehead atoms. The molecule has 0 aliphatic heterocycles. The van der Waals surface area contributed by atoms with Crippen LogP contribution in [0.15, 0.2) is 18.2 Å². The van der Waals surface area contributed by atoms with Crippen LogP contribution in [0.25, 0.3) is 0 Å². The Morgan fingerprint density at radius 1 is 1.23 bits per heavy atom. The van der Waals surface area contributed by atoms with Gasteiger partial charge in [-0.1, -0.05) is 0 Å². The molecule has 0 aliphatic rings. The molecule has 1 rings (SSSR count). The average molecular weight is 307 g/mol. The van der Waals surface area contributed by atoms with Gasteiger partial charge in [0, 0.05) is 37.7 Å². The molecule has 1 aromatic carbocycles. The summed E-state index contributed by atoms with van der Waals surface area (Å²) in [5.41, 5.74) is 1.16. The minimum Gasteiger partial charge on any atom is -0.481 e. The zero-order chi connectivity index (χ0) is 16.5. The molecule has 1 aromatic rings. The second kappa shape index (κ2) is 8.81. The summed E-state index contributed by atoms with van der Waals surface area (Å²) < 4.78 is 5.21. The Hall–Kier alpha value is -2.37. The molecular weight excluding hydrogens is 286 g/mol. The van der Waals surface area contributed by atoms with Crippen molar-refractivity contribution >= 4 is 23.9 Å². The molecule has 6 heteroatoms. The summed E-state index contributed by atoms with van der Waals surface area (Å²) in [6.07, 6.45) is 0.751. The Kier molecular flexibility index (Phi) is 7.08. The number of carboxylic acids is 1. The first-order valence-corrected chi connectivity index (χ1v) is 7.28. The van der Waals surface area contributed by atoms with Crippen molar-refractivity contribution in [1.82, 2.24) is 0 Å². The molecule has 1 N–H and O–H groups in total. The van der Waals surface area contributed by atoms with Crippen LogP contribution in [0.5, 0.6) is 5.75 Å². The van der Waals surface area contributed by atoms with Crippen LogP contribution in [-0.2, 0) is 9.59 Å². The van der Waals surface area contributed by atoms with Crippen LogP contribution in [0.1, 0.15) is 43.5 Å². The lowest BCUT2D eigenvalue weighted by atomic mass is 10.1. The molecule has 22 heavy (non-hydrogen) atoms. The number of benzene rings is 1. The zero-order valence-corrected chi connectivity index (χ0v) is 12.9. The largest absolute Gasteiger partial charge is 0.481 e. The van der Waals surface area contributed by atoms with Gasteiger partial charge in [-0.05, 0) is 32.4 Å². The number of esters is 1. The van der Waals surface area contributed by atoms with E-state index < -0.39 is 11.9 Å². The lowest BCUT2D eigenvalue weighted by Gasteiger charge is -2.21. The average Bonchev–Trinajstić information content (AvgIpc) is 2.48. The Bertz CT molecular complexity index is 537. The molecule has 0 spiro atoms. The summed E-state index contributed by atoms with van der Waals surface area (Å²) in [5, 5.41) is 8.55. The number of hydrogen-bond acceptors (Lipinski definition) is 5. The van der Waals surface area contributed by atoms with Crippen molar-refractivity contribution in [2.24, 2.45) is 0 Å². The second-order valence-electron chi connectivity index (χ2n) is 4.73. The summed E-state index contributed by atoms with van der Waals surface area (Å²) in [5.74, 6) is -1.29. The van der Waals surface area contributed by atoms with Gasteiger partial charge in [-0.15, -0.1) is 0 Å². The molecule has 0 amide bonds. The molecule has 120 valence electrons. The number of nitrogens with zero attached hydrogens (tertiary/aromatic N) is 1. The minimum atomic E-state index is -0.954. The van der Waals surface area contributed by atoms with Gasteiger partial charge in [0.25, 0.3) is 0 Å². The fraction of sp³-hybridized carbons (Fsp3) is 0.438. The smallest absolute Gasteiger partial charge is 0.311 e. The quantitative estimate of drug-likeness (QED) is 0.429. The maximum absolute atomic E-state index is 11.7. The number of aliphatic carboxylic acids is 1. The molecule has 0 radical (unpaired) electrons. The van der Waals surface area contributed by atoms with Crippen molar-refractivity contribution in [3.8, 4) is 5.75 Å². The van der Waals surface area contributed by atoms with Gasteiger partial charge in [0.05, 0.1) is 5.56 Å². The van der Waals surface area contributed by atoms with E-state index in [0.29, 0.717) is 11.8 Å². The monoisotopic (exact) mass is 307 g/mol. The van der Waals surface area contributed by atoms with Crippen molar-refractivity contribution in [1.29, 1.82) is 0 Å². The van der Waals surface area contributed by atoms with Crippen molar-refractivity contribution in [3.63, 3.8) is 0 Å². The molecule has 0 fully saturated rings. The number of ether oxygens (including phenoxy) is 1. The standard InChI is InChI=1S/C16H21NO5/c1-3-17(4-2)13-9-8-12(11-18)14(10-13)22-16(21)7-5-6-15(19)20/h8-11H,3-7H2,1-2H3,(H,19,20). The number of aldehydes is 1. The molecule has 0 aromatic heterocycles. The number of rotatable bonds is 9. The van der Waals surface area contributed by atoms with Gasteiger partial charge in [-0.2, -0.15) is 0 Å². The highest BCUT2D eigenvalue weighted by Crippen LogP contribution is 2.25. The molecule has 6 nitrogen and oxygen atoms in total.